The highest BCUT2D eigenvalue weighted by molar-refractivity contribution is 5.83. The standard InChI is InChI=1S/C15H26O2/c1-11(17-2)13-8-9-15(16)14(13)10-12-6-4-3-5-7-12/h11-14H,3-10H2,1-2H3. The van der Waals surface area contributed by atoms with Crippen molar-refractivity contribution in [2.24, 2.45) is 17.8 Å². The summed E-state index contributed by atoms with van der Waals surface area (Å²) in [5, 5.41) is 0. The Morgan fingerprint density at radius 3 is 2.59 bits per heavy atom. The Hall–Kier alpha value is -0.370. The Morgan fingerprint density at radius 2 is 1.94 bits per heavy atom. The van der Waals surface area contributed by atoms with Gasteiger partial charge in [0.1, 0.15) is 5.78 Å². The number of ketones is 1. The number of carbonyl (C=O) groups is 1. The van der Waals surface area contributed by atoms with E-state index in [1.54, 1.807) is 7.11 Å². The van der Waals surface area contributed by atoms with Gasteiger partial charge in [-0.05, 0) is 31.6 Å². The van der Waals surface area contributed by atoms with Crippen LogP contribution in [0.2, 0.25) is 0 Å². The molecule has 17 heavy (non-hydrogen) atoms. The molecule has 0 saturated heterocycles. The van der Waals surface area contributed by atoms with Crippen molar-refractivity contribution in [3.63, 3.8) is 0 Å². The SMILES string of the molecule is COC(C)C1CCC(=O)C1CC1CCCCC1. The predicted molar refractivity (Wildman–Crippen MR) is 68.9 cm³/mol. The fourth-order valence-electron chi connectivity index (χ4n) is 3.76. The summed E-state index contributed by atoms with van der Waals surface area (Å²) >= 11 is 0. The maximum Gasteiger partial charge on any atom is 0.136 e. The lowest BCUT2D eigenvalue weighted by Gasteiger charge is -2.29. The maximum atomic E-state index is 12.0. The van der Waals surface area contributed by atoms with Crippen LogP contribution in [0, 0.1) is 17.8 Å². The van der Waals surface area contributed by atoms with Crippen LogP contribution in [-0.2, 0) is 9.53 Å². The number of rotatable bonds is 4. The molecule has 0 heterocycles. The van der Waals surface area contributed by atoms with Crippen LogP contribution in [0.15, 0.2) is 0 Å². The lowest BCUT2D eigenvalue weighted by Crippen LogP contribution is -2.28. The molecular formula is C15H26O2. The lowest BCUT2D eigenvalue weighted by molar-refractivity contribution is -0.122. The first-order valence-corrected chi connectivity index (χ1v) is 7.28. The van der Waals surface area contributed by atoms with Crippen LogP contribution in [-0.4, -0.2) is 19.0 Å². The summed E-state index contributed by atoms with van der Waals surface area (Å²) in [5.74, 6) is 2.09. The van der Waals surface area contributed by atoms with Crippen molar-refractivity contribution in [3.05, 3.63) is 0 Å². The molecule has 0 bridgehead atoms. The van der Waals surface area contributed by atoms with E-state index in [4.69, 9.17) is 4.74 Å². The molecular weight excluding hydrogens is 212 g/mol. The van der Waals surface area contributed by atoms with E-state index < -0.39 is 0 Å². The van der Waals surface area contributed by atoms with Crippen molar-refractivity contribution < 1.29 is 9.53 Å². The number of ether oxygens (including phenoxy) is 1. The van der Waals surface area contributed by atoms with Crippen molar-refractivity contribution in [2.45, 2.75) is 64.4 Å². The lowest BCUT2D eigenvalue weighted by atomic mass is 9.78. The minimum Gasteiger partial charge on any atom is -0.381 e. The second kappa shape index (κ2) is 5.99. The molecule has 2 saturated carbocycles. The molecule has 0 aromatic rings. The predicted octanol–water partition coefficient (Wildman–Crippen LogP) is 3.59. The first kappa shape index (κ1) is 13.1. The summed E-state index contributed by atoms with van der Waals surface area (Å²) in [6.45, 7) is 2.12. The molecule has 0 aromatic heterocycles. The van der Waals surface area contributed by atoms with E-state index in [1.807, 2.05) is 0 Å². The van der Waals surface area contributed by atoms with Gasteiger partial charge in [0.2, 0.25) is 0 Å². The Morgan fingerprint density at radius 1 is 1.24 bits per heavy atom. The van der Waals surface area contributed by atoms with Crippen molar-refractivity contribution in [3.8, 4) is 0 Å². The number of hydrogen-bond acceptors (Lipinski definition) is 2. The molecule has 0 aliphatic heterocycles. The van der Waals surface area contributed by atoms with Crippen molar-refractivity contribution >= 4 is 5.78 Å². The average Bonchev–Trinajstić information content (AvgIpc) is 2.72. The molecule has 2 heteroatoms. The summed E-state index contributed by atoms with van der Waals surface area (Å²) in [4.78, 5) is 12.0. The third kappa shape index (κ3) is 3.09. The van der Waals surface area contributed by atoms with Gasteiger partial charge in [-0.15, -0.1) is 0 Å². The van der Waals surface area contributed by atoms with E-state index in [2.05, 4.69) is 6.92 Å². The van der Waals surface area contributed by atoms with Gasteiger partial charge in [0.25, 0.3) is 0 Å². The molecule has 0 aromatic carbocycles. The largest absolute Gasteiger partial charge is 0.381 e. The van der Waals surface area contributed by atoms with E-state index >= 15 is 0 Å². The van der Waals surface area contributed by atoms with E-state index in [0.29, 0.717) is 17.6 Å². The van der Waals surface area contributed by atoms with Crippen LogP contribution in [0.3, 0.4) is 0 Å². The zero-order valence-electron chi connectivity index (χ0n) is 11.3. The minimum absolute atomic E-state index is 0.245. The maximum absolute atomic E-state index is 12.0. The highest BCUT2D eigenvalue weighted by Gasteiger charge is 2.39. The Balaban J connectivity index is 1.93. The van der Waals surface area contributed by atoms with E-state index in [9.17, 15) is 4.79 Å². The Kier molecular flexibility index (Phi) is 4.61. The van der Waals surface area contributed by atoms with Gasteiger partial charge in [-0.2, -0.15) is 0 Å². The van der Waals surface area contributed by atoms with Gasteiger partial charge in [0, 0.05) is 19.4 Å². The third-order valence-corrected chi connectivity index (χ3v) is 4.94. The summed E-state index contributed by atoms with van der Waals surface area (Å²) in [6, 6.07) is 0. The van der Waals surface area contributed by atoms with Crippen LogP contribution < -0.4 is 0 Å². The number of methoxy groups -OCH3 is 1. The fourth-order valence-corrected chi connectivity index (χ4v) is 3.76. The molecule has 2 nitrogen and oxygen atoms in total. The van der Waals surface area contributed by atoms with Gasteiger partial charge < -0.3 is 4.74 Å². The van der Waals surface area contributed by atoms with Crippen LogP contribution in [0.1, 0.15) is 58.3 Å². The molecule has 0 amide bonds. The van der Waals surface area contributed by atoms with Gasteiger partial charge in [0.05, 0.1) is 6.10 Å². The molecule has 2 aliphatic carbocycles. The quantitative estimate of drug-likeness (QED) is 0.748. The first-order chi connectivity index (χ1) is 8.22. The van der Waals surface area contributed by atoms with Crippen molar-refractivity contribution in [1.29, 1.82) is 0 Å². The third-order valence-electron chi connectivity index (χ3n) is 4.94. The molecule has 0 spiro atoms. The molecule has 98 valence electrons. The van der Waals surface area contributed by atoms with Gasteiger partial charge in [0.15, 0.2) is 0 Å². The van der Waals surface area contributed by atoms with Crippen LogP contribution in [0.4, 0.5) is 0 Å². The zero-order valence-corrected chi connectivity index (χ0v) is 11.3. The summed E-state index contributed by atoms with van der Waals surface area (Å²) in [6.07, 6.45) is 10.0. The van der Waals surface area contributed by atoms with Crippen molar-refractivity contribution in [2.75, 3.05) is 7.11 Å². The molecule has 2 fully saturated rings. The summed E-state index contributed by atoms with van der Waals surface area (Å²) in [5.41, 5.74) is 0. The average molecular weight is 238 g/mol. The zero-order chi connectivity index (χ0) is 12.3. The minimum atomic E-state index is 0.245. The number of Topliss-reactive ketones (excluding diaryl/α,β-unsaturated/α-hetero) is 1. The van der Waals surface area contributed by atoms with Gasteiger partial charge >= 0.3 is 0 Å². The monoisotopic (exact) mass is 238 g/mol. The summed E-state index contributed by atoms with van der Waals surface area (Å²) < 4.78 is 5.45. The van der Waals surface area contributed by atoms with E-state index in [-0.39, 0.29) is 6.10 Å². The van der Waals surface area contributed by atoms with E-state index in [0.717, 1.165) is 25.2 Å². The molecule has 2 rings (SSSR count). The first-order valence-electron chi connectivity index (χ1n) is 7.28. The topological polar surface area (TPSA) is 26.3 Å². The molecule has 0 radical (unpaired) electrons. The highest BCUT2D eigenvalue weighted by Crippen LogP contribution is 2.39. The summed E-state index contributed by atoms with van der Waals surface area (Å²) in [7, 11) is 1.77. The van der Waals surface area contributed by atoms with E-state index in [1.165, 1.54) is 32.1 Å². The molecule has 3 atom stereocenters. The fraction of sp³-hybridized carbons (Fsp3) is 0.933. The normalized spacial score (nSPS) is 32.9. The highest BCUT2D eigenvalue weighted by atomic mass is 16.5. The van der Waals surface area contributed by atoms with Gasteiger partial charge in [-0.3, -0.25) is 4.79 Å². The van der Waals surface area contributed by atoms with Crippen LogP contribution in [0.5, 0.6) is 0 Å². The second-order valence-electron chi connectivity index (χ2n) is 5.96. The Labute approximate surface area is 105 Å². The van der Waals surface area contributed by atoms with Gasteiger partial charge in [-0.1, -0.05) is 32.1 Å². The number of hydrogen-bond donors (Lipinski definition) is 0. The van der Waals surface area contributed by atoms with Crippen LogP contribution in [0.25, 0.3) is 0 Å². The van der Waals surface area contributed by atoms with Gasteiger partial charge in [-0.25, -0.2) is 0 Å². The van der Waals surface area contributed by atoms with Crippen LogP contribution >= 0.6 is 0 Å². The molecule has 3 unspecified atom stereocenters. The smallest absolute Gasteiger partial charge is 0.136 e. The van der Waals surface area contributed by atoms with Crippen molar-refractivity contribution in [1.82, 2.24) is 0 Å². The number of carbonyl (C=O) groups excluding carboxylic acids is 1. The molecule has 2 aliphatic rings. The Bertz CT molecular complexity index is 256. The second-order valence-corrected chi connectivity index (χ2v) is 5.96. The molecule has 0 N–H and O–H groups in total.